The molecule has 0 aliphatic carbocycles. The Labute approximate surface area is 141 Å². The second-order valence-electron chi connectivity index (χ2n) is 6.73. The van der Waals surface area contributed by atoms with Crippen molar-refractivity contribution in [2.45, 2.75) is 44.6 Å². The van der Waals surface area contributed by atoms with E-state index >= 15 is 0 Å². The summed E-state index contributed by atoms with van der Waals surface area (Å²) >= 11 is 0. The molecular weight excluding hydrogens is 304 g/mol. The summed E-state index contributed by atoms with van der Waals surface area (Å²) in [6.45, 7) is 3.95. The van der Waals surface area contributed by atoms with Crippen LogP contribution >= 0.6 is 0 Å². The van der Waals surface area contributed by atoms with E-state index < -0.39 is 0 Å². The largest absolute Gasteiger partial charge is 0.339 e. The molecule has 4 rings (SSSR count). The van der Waals surface area contributed by atoms with Crippen LogP contribution in [0, 0.1) is 0 Å². The highest BCUT2D eigenvalue weighted by molar-refractivity contribution is 5.95. The highest BCUT2D eigenvalue weighted by Gasteiger charge is 2.26. The maximum absolute atomic E-state index is 11.9. The van der Waals surface area contributed by atoms with Gasteiger partial charge in [0.25, 0.3) is 0 Å². The lowest BCUT2D eigenvalue weighted by molar-refractivity contribution is -0.117. The molecule has 2 aliphatic rings. The second-order valence-corrected chi connectivity index (χ2v) is 6.73. The van der Waals surface area contributed by atoms with Crippen LogP contribution in [0.5, 0.6) is 0 Å². The minimum atomic E-state index is 0.185. The minimum Gasteiger partial charge on any atom is -0.339 e. The fourth-order valence-corrected chi connectivity index (χ4v) is 3.61. The minimum absolute atomic E-state index is 0.185. The molecule has 2 atom stereocenters. The number of aromatic nitrogens is 2. The van der Waals surface area contributed by atoms with Gasteiger partial charge >= 0.3 is 0 Å². The SMILES string of the molecule is C[C@@H]1C[C@H](c2nc(-c3cccc(N4CCCC4=O)c3)no2)CCN1. The normalized spacial score (nSPS) is 24.5. The summed E-state index contributed by atoms with van der Waals surface area (Å²) in [6.07, 6.45) is 3.59. The van der Waals surface area contributed by atoms with E-state index in [0.29, 0.717) is 24.2 Å². The molecular formula is C18H22N4O2. The van der Waals surface area contributed by atoms with E-state index in [4.69, 9.17) is 4.52 Å². The third-order valence-corrected chi connectivity index (χ3v) is 4.90. The van der Waals surface area contributed by atoms with E-state index in [1.165, 1.54) is 0 Å². The number of carbonyl (C=O) groups is 1. The van der Waals surface area contributed by atoms with Crippen LogP contribution in [0.25, 0.3) is 11.4 Å². The molecule has 24 heavy (non-hydrogen) atoms. The molecule has 0 bridgehead atoms. The summed E-state index contributed by atoms with van der Waals surface area (Å²) in [4.78, 5) is 18.4. The van der Waals surface area contributed by atoms with Crippen LogP contribution in [0.2, 0.25) is 0 Å². The second kappa shape index (κ2) is 6.36. The first-order valence-electron chi connectivity index (χ1n) is 8.68. The number of anilines is 1. The van der Waals surface area contributed by atoms with Gasteiger partial charge in [0.15, 0.2) is 0 Å². The van der Waals surface area contributed by atoms with Gasteiger partial charge in [0.2, 0.25) is 17.6 Å². The van der Waals surface area contributed by atoms with E-state index in [1.807, 2.05) is 29.2 Å². The molecule has 0 unspecified atom stereocenters. The van der Waals surface area contributed by atoms with Crippen LogP contribution in [0.15, 0.2) is 28.8 Å². The Bertz CT molecular complexity index is 742. The maximum atomic E-state index is 11.9. The molecule has 6 nitrogen and oxygen atoms in total. The molecule has 6 heteroatoms. The zero-order chi connectivity index (χ0) is 16.5. The number of hydrogen-bond acceptors (Lipinski definition) is 5. The van der Waals surface area contributed by atoms with Crippen molar-refractivity contribution in [2.24, 2.45) is 0 Å². The summed E-state index contributed by atoms with van der Waals surface area (Å²) in [7, 11) is 0. The summed E-state index contributed by atoms with van der Waals surface area (Å²) in [5.41, 5.74) is 1.81. The van der Waals surface area contributed by atoms with Crippen LogP contribution in [-0.2, 0) is 4.79 Å². The molecule has 1 amide bonds. The fraction of sp³-hybridized carbons (Fsp3) is 0.500. The molecule has 126 valence electrons. The summed E-state index contributed by atoms with van der Waals surface area (Å²) < 4.78 is 5.52. The highest BCUT2D eigenvalue weighted by atomic mass is 16.5. The molecule has 0 spiro atoms. The standard InChI is InChI=1S/C18H22N4O2/c1-12-10-14(7-8-19-12)18-20-17(21-24-18)13-4-2-5-15(11-13)22-9-3-6-16(22)23/h2,4-5,11-12,14,19H,3,6-10H2,1H3/t12-,14-/m1/s1. The van der Waals surface area contributed by atoms with Gasteiger partial charge in [0, 0.05) is 36.2 Å². The van der Waals surface area contributed by atoms with Gasteiger partial charge in [-0.15, -0.1) is 0 Å². The molecule has 2 aliphatic heterocycles. The van der Waals surface area contributed by atoms with Crippen LogP contribution in [0.3, 0.4) is 0 Å². The molecule has 1 aromatic heterocycles. The highest BCUT2D eigenvalue weighted by Crippen LogP contribution is 2.30. The van der Waals surface area contributed by atoms with Crippen LogP contribution in [0.1, 0.15) is 44.4 Å². The monoisotopic (exact) mass is 326 g/mol. The average Bonchev–Trinajstić information content (AvgIpc) is 3.24. The van der Waals surface area contributed by atoms with E-state index in [9.17, 15) is 4.79 Å². The van der Waals surface area contributed by atoms with Crippen molar-refractivity contribution in [3.05, 3.63) is 30.2 Å². The number of carbonyl (C=O) groups excluding carboxylic acids is 1. The van der Waals surface area contributed by atoms with E-state index in [0.717, 1.165) is 49.5 Å². The number of amides is 1. The topological polar surface area (TPSA) is 71.3 Å². The van der Waals surface area contributed by atoms with Gasteiger partial charge in [0.05, 0.1) is 0 Å². The fourth-order valence-electron chi connectivity index (χ4n) is 3.61. The summed E-state index contributed by atoms with van der Waals surface area (Å²) in [5, 5.41) is 7.60. The zero-order valence-electron chi connectivity index (χ0n) is 13.9. The van der Waals surface area contributed by atoms with Gasteiger partial charge in [0.1, 0.15) is 0 Å². The number of benzene rings is 1. The van der Waals surface area contributed by atoms with Crippen LogP contribution < -0.4 is 10.2 Å². The summed E-state index contributed by atoms with van der Waals surface area (Å²) in [6, 6.07) is 8.32. The predicted molar refractivity (Wildman–Crippen MR) is 90.8 cm³/mol. The third-order valence-electron chi connectivity index (χ3n) is 4.90. The van der Waals surface area contributed by atoms with Crippen molar-refractivity contribution in [1.82, 2.24) is 15.5 Å². The molecule has 1 aromatic carbocycles. The molecule has 2 aromatic rings. The summed E-state index contributed by atoms with van der Waals surface area (Å²) in [5.74, 6) is 1.83. The Morgan fingerprint density at radius 2 is 2.29 bits per heavy atom. The lowest BCUT2D eigenvalue weighted by atomic mass is 9.93. The number of rotatable bonds is 3. The van der Waals surface area contributed by atoms with Gasteiger partial charge in [-0.3, -0.25) is 4.79 Å². The Hall–Kier alpha value is -2.21. The quantitative estimate of drug-likeness (QED) is 0.939. The number of nitrogens with zero attached hydrogens (tertiary/aromatic N) is 3. The first-order chi connectivity index (χ1) is 11.7. The predicted octanol–water partition coefficient (Wildman–Crippen LogP) is 2.72. The number of nitrogens with one attached hydrogen (secondary N) is 1. The number of hydrogen-bond donors (Lipinski definition) is 1. The van der Waals surface area contributed by atoms with Gasteiger partial charge in [-0.05, 0) is 44.9 Å². The first-order valence-corrected chi connectivity index (χ1v) is 8.68. The molecule has 2 fully saturated rings. The van der Waals surface area contributed by atoms with Crippen molar-refractivity contribution in [2.75, 3.05) is 18.0 Å². The molecule has 0 radical (unpaired) electrons. The molecule has 2 saturated heterocycles. The Kier molecular flexibility index (Phi) is 4.06. The molecule has 1 N–H and O–H groups in total. The Morgan fingerprint density at radius 3 is 3.08 bits per heavy atom. The molecule has 3 heterocycles. The van der Waals surface area contributed by atoms with E-state index in [-0.39, 0.29) is 5.91 Å². The lowest BCUT2D eigenvalue weighted by Crippen LogP contribution is -2.34. The van der Waals surface area contributed by atoms with Crippen molar-refractivity contribution >= 4 is 11.6 Å². The van der Waals surface area contributed by atoms with Gasteiger partial charge in [-0.2, -0.15) is 4.98 Å². The van der Waals surface area contributed by atoms with Crippen molar-refractivity contribution in [3.63, 3.8) is 0 Å². The van der Waals surface area contributed by atoms with Gasteiger partial charge in [-0.25, -0.2) is 0 Å². The van der Waals surface area contributed by atoms with Gasteiger partial charge < -0.3 is 14.7 Å². The third kappa shape index (κ3) is 2.94. The van der Waals surface area contributed by atoms with Crippen molar-refractivity contribution in [1.29, 1.82) is 0 Å². The van der Waals surface area contributed by atoms with Crippen LogP contribution in [0.4, 0.5) is 5.69 Å². The maximum Gasteiger partial charge on any atom is 0.230 e. The van der Waals surface area contributed by atoms with Gasteiger partial charge in [-0.1, -0.05) is 17.3 Å². The number of piperidine rings is 1. The zero-order valence-corrected chi connectivity index (χ0v) is 13.9. The first kappa shape index (κ1) is 15.3. The molecule has 0 saturated carbocycles. The van der Waals surface area contributed by atoms with Crippen molar-refractivity contribution in [3.8, 4) is 11.4 Å². The smallest absolute Gasteiger partial charge is 0.230 e. The average molecular weight is 326 g/mol. The van der Waals surface area contributed by atoms with E-state index in [1.54, 1.807) is 0 Å². The van der Waals surface area contributed by atoms with E-state index in [2.05, 4.69) is 22.4 Å². The Morgan fingerprint density at radius 1 is 1.38 bits per heavy atom. The lowest BCUT2D eigenvalue weighted by Gasteiger charge is -2.25. The van der Waals surface area contributed by atoms with Crippen LogP contribution in [-0.4, -0.2) is 35.2 Å². The Balaban J connectivity index is 1.57. The van der Waals surface area contributed by atoms with Crippen molar-refractivity contribution < 1.29 is 9.32 Å².